The van der Waals surface area contributed by atoms with Gasteiger partial charge in [0.1, 0.15) is 6.10 Å². The van der Waals surface area contributed by atoms with Crippen LogP contribution in [-0.4, -0.2) is 35.7 Å². The van der Waals surface area contributed by atoms with Crippen LogP contribution in [0.5, 0.6) is 0 Å². The van der Waals surface area contributed by atoms with Crippen molar-refractivity contribution in [2.24, 2.45) is 5.41 Å². The SMILES string of the molecule is CC1(CNC(=O)C2CCC(C(=O)O)O2)CC1. The summed E-state index contributed by atoms with van der Waals surface area (Å²) in [6.07, 6.45) is 1.83. The summed E-state index contributed by atoms with van der Waals surface area (Å²) < 4.78 is 5.16. The van der Waals surface area contributed by atoms with Crippen molar-refractivity contribution < 1.29 is 19.4 Å². The lowest BCUT2D eigenvalue weighted by atomic mass is 10.1. The molecule has 1 heterocycles. The van der Waals surface area contributed by atoms with E-state index in [-0.39, 0.29) is 11.3 Å². The molecular weight excluding hydrogens is 210 g/mol. The van der Waals surface area contributed by atoms with E-state index in [1.807, 2.05) is 0 Å². The normalized spacial score (nSPS) is 31.1. The largest absolute Gasteiger partial charge is 0.479 e. The van der Waals surface area contributed by atoms with Crippen molar-refractivity contribution in [3.8, 4) is 0 Å². The molecule has 0 spiro atoms. The highest BCUT2D eigenvalue weighted by Crippen LogP contribution is 2.44. The van der Waals surface area contributed by atoms with Crippen LogP contribution in [0.25, 0.3) is 0 Å². The Morgan fingerprint density at radius 1 is 1.38 bits per heavy atom. The Hall–Kier alpha value is -1.10. The molecule has 2 rings (SSSR count). The van der Waals surface area contributed by atoms with Gasteiger partial charge in [0.15, 0.2) is 6.10 Å². The van der Waals surface area contributed by atoms with E-state index >= 15 is 0 Å². The molecule has 0 radical (unpaired) electrons. The van der Waals surface area contributed by atoms with E-state index in [2.05, 4.69) is 12.2 Å². The molecule has 1 saturated heterocycles. The molecule has 2 fully saturated rings. The Balaban J connectivity index is 1.76. The van der Waals surface area contributed by atoms with Crippen LogP contribution >= 0.6 is 0 Å². The Kier molecular flexibility index (Phi) is 2.88. The van der Waals surface area contributed by atoms with E-state index in [0.29, 0.717) is 19.4 Å². The molecule has 5 nitrogen and oxygen atoms in total. The zero-order chi connectivity index (χ0) is 11.8. The highest BCUT2D eigenvalue weighted by atomic mass is 16.5. The maximum absolute atomic E-state index is 11.7. The number of rotatable bonds is 4. The van der Waals surface area contributed by atoms with E-state index in [9.17, 15) is 9.59 Å². The Morgan fingerprint density at radius 2 is 2.00 bits per heavy atom. The summed E-state index contributed by atoms with van der Waals surface area (Å²) in [5.41, 5.74) is 0.264. The first-order valence-electron chi connectivity index (χ1n) is 5.66. The summed E-state index contributed by atoms with van der Waals surface area (Å²) in [7, 11) is 0. The van der Waals surface area contributed by atoms with Crippen LogP contribution in [0.3, 0.4) is 0 Å². The third-order valence-electron chi connectivity index (χ3n) is 3.38. The number of hydrogen-bond donors (Lipinski definition) is 2. The van der Waals surface area contributed by atoms with Crippen molar-refractivity contribution in [2.75, 3.05) is 6.54 Å². The molecule has 2 N–H and O–H groups in total. The predicted octanol–water partition coefficient (Wildman–Crippen LogP) is 0.535. The maximum Gasteiger partial charge on any atom is 0.332 e. The number of amides is 1. The van der Waals surface area contributed by atoms with E-state index < -0.39 is 18.2 Å². The number of ether oxygens (including phenoxy) is 1. The number of aliphatic carboxylic acids is 1. The van der Waals surface area contributed by atoms with Gasteiger partial charge in [0.25, 0.3) is 0 Å². The molecule has 1 aliphatic heterocycles. The van der Waals surface area contributed by atoms with Crippen molar-refractivity contribution in [3.05, 3.63) is 0 Å². The lowest BCUT2D eigenvalue weighted by Crippen LogP contribution is -2.38. The van der Waals surface area contributed by atoms with Gasteiger partial charge in [-0.3, -0.25) is 4.79 Å². The van der Waals surface area contributed by atoms with Gasteiger partial charge in [0.05, 0.1) is 0 Å². The first-order chi connectivity index (χ1) is 7.50. The molecule has 2 unspecified atom stereocenters. The summed E-state index contributed by atoms with van der Waals surface area (Å²) in [6.45, 7) is 2.80. The molecule has 0 bridgehead atoms. The summed E-state index contributed by atoms with van der Waals surface area (Å²) in [4.78, 5) is 22.3. The lowest BCUT2D eigenvalue weighted by Gasteiger charge is -2.14. The second-order valence-electron chi connectivity index (χ2n) is 5.06. The van der Waals surface area contributed by atoms with Crippen molar-refractivity contribution in [1.82, 2.24) is 5.32 Å². The van der Waals surface area contributed by atoms with E-state index in [1.54, 1.807) is 0 Å². The zero-order valence-corrected chi connectivity index (χ0v) is 9.36. The first kappa shape index (κ1) is 11.4. The Labute approximate surface area is 94.2 Å². The van der Waals surface area contributed by atoms with Crippen molar-refractivity contribution in [1.29, 1.82) is 0 Å². The number of nitrogens with one attached hydrogen (secondary N) is 1. The molecule has 1 saturated carbocycles. The van der Waals surface area contributed by atoms with Crippen molar-refractivity contribution in [2.45, 2.75) is 44.8 Å². The minimum Gasteiger partial charge on any atom is -0.479 e. The third-order valence-corrected chi connectivity index (χ3v) is 3.38. The number of carboxylic acids is 1. The van der Waals surface area contributed by atoms with Crippen LogP contribution in [0.15, 0.2) is 0 Å². The molecular formula is C11H17NO4. The highest BCUT2D eigenvalue weighted by Gasteiger charge is 2.39. The molecule has 1 amide bonds. The molecule has 2 aliphatic rings. The number of hydrogen-bond acceptors (Lipinski definition) is 3. The molecule has 0 aromatic heterocycles. The topological polar surface area (TPSA) is 75.6 Å². The van der Waals surface area contributed by atoms with Gasteiger partial charge in [0.2, 0.25) is 5.91 Å². The Bertz CT molecular complexity index is 311. The van der Waals surface area contributed by atoms with Crippen LogP contribution in [0.4, 0.5) is 0 Å². The van der Waals surface area contributed by atoms with Gasteiger partial charge < -0.3 is 15.2 Å². The number of carboxylic acid groups (broad SMARTS) is 1. The smallest absolute Gasteiger partial charge is 0.332 e. The fourth-order valence-corrected chi connectivity index (χ4v) is 1.82. The predicted molar refractivity (Wildman–Crippen MR) is 55.9 cm³/mol. The van der Waals surface area contributed by atoms with Gasteiger partial charge in [-0.1, -0.05) is 6.92 Å². The second kappa shape index (κ2) is 4.05. The molecule has 16 heavy (non-hydrogen) atoms. The minimum absolute atomic E-state index is 0.170. The van der Waals surface area contributed by atoms with Crippen LogP contribution in [0, 0.1) is 5.41 Å². The van der Waals surface area contributed by atoms with Gasteiger partial charge in [-0.25, -0.2) is 4.79 Å². The lowest BCUT2D eigenvalue weighted by molar-refractivity contribution is -0.151. The summed E-state index contributed by atoms with van der Waals surface area (Å²) in [5.74, 6) is -1.15. The van der Waals surface area contributed by atoms with Gasteiger partial charge in [0, 0.05) is 6.54 Å². The van der Waals surface area contributed by atoms with Gasteiger partial charge in [-0.05, 0) is 31.1 Å². The summed E-state index contributed by atoms with van der Waals surface area (Å²) >= 11 is 0. The monoisotopic (exact) mass is 227 g/mol. The van der Waals surface area contributed by atoms with Gasteiger partial charge in [-0.15, -0.1) is 0 Å². The molecule has 1 aliphatic carbocycles. The Morgan fingerprint density at radius 3 is 2.50 bits per heavy atom. The molecule has 0 aromatic carbocycles. The van der Waals surface area contributed by atoms with Crippen LogP contribution in [0.1, 0.15) is 32.6 Å². The highest BCUT2D eigenvalue weighted by molar-refractivity contribution is 5.82. The average molecular weight is 227 g/mol. The zero-order valence-electron chi connectivity index (χ0n) is 9.36. The number of carbonyl (C=O) groups excluding carboxylic acids is 1. The van der Waals surface area contributed by atoms with Crippen LogP contribution in [0.2, 0.25) is 0 Å². The molecule has 0 aromatic rings. The fourth-order valence-electron chi connectivity index (χ4n) is 1.82. The third kappa shape index (κ3) is 2.52. The number of carbonyl (C=O) groups is 2. The fraction of sp³-hybridized carbons (Fsp3) is 0.818. The average Bonchev–Trinajstić information content (AvgIpc) is 2.81. The van der Waals surface area contributed by atoms with Gasteiger partial charge in [-0.2, -0.15) is 0 Å². The summed E-state index contributed by atoms with van der Waals surface area (Å²) in [5, 5.41) is 11.6. The molecule has 90 valence electrons. The molecule has 2 atom stereocenters. The van der Waals surface area contributed by atoms with Crippen LogP contribution in [-0.2, 0) is 14.3 Å². The molecule has 5 heteroatoms. The van der Waals surface area contributed by atoms with E-state index in [4.69, 9.17) is 9.84 Å². The maximum atomic E-state index is 11.7. The quantitative estimate of drug-likeness (QED) is 0.734. The van der Waals surface area contributed by atoms with E-state index in [1.165, 1.54) is 0 Å². The standard InChI is InChI=1S/C11H17NO4/c1-11(4-5-11)6-12-9(13)7-2-3-8(16-7)10(14)15/h7-8H,2-6H2,1H3,(H,12,13)(H,14,15). The van der Waals surface area contributed by atoms with Crippen molar-refractivity contribution in [3.63, 3.8) is 0 Å². The minimum atomic E-state index is -0.982. The van der Waals surface area contributed by atoms with E-state index in [0.717, 1.165) is 12.8 Å². The van der Waals surface area contributed by atoms with Crippen molar-refractivity contribution >= 4 is 11.9 Å². The van der Waals surface area contributed by atoms with Crippen LogP contribution < -0.4 is 5.32 Å². The van der Waals surface area contributed by atoms with Gasteiger partial charge >= 0.3 is 5.97 Å². The summed E-state index contributed by atoms with van der Waals surface area (Å²) in [6, 6.07) is 0. The second-order valence-corrected chi connectivity index (χ2v) is 5.06. The first-order valence-corrected chi connectivity index (χ1v) is 5.66.